The molecule has 2 atom stereocenters. The second-order valence-electron chi connectivity index (χ2n) is 7.03. The predicted octanol–water partition coefficient (Wildman–Crippen LogP) is 3.81. The Morgan fingerprint density at radius 3 is 2.50 bits per heavy atom. The van der Waals surface area contributed by atoms with Crippen LogP contribution >= 0.6 is 7.82 Å². The lowest BCUT2D eigenvalue weighted by Gasteiger charge is -2.14. The van der Waals surface area contributed by atoms with Gasteiger partial charge in [-0.25, -0.2) is 4.57 Å². The van der Waals surface area contributed by atoms with Gasteiger partial charge in [-0.15, -0.1) is 0 Å². The van der Waals surface area contributed by atoms with Crippen molar-refractivity contribution in [2.24, 2.45) is 0 Å². The Balaban J connectivity index is 1.65. The summed E-state index contributed by atoms with van der Waals surface area (Å²) in [6.07, 6.45) is 9.60. The number of phosphoric acid groups is 1. The highest BCUT2D eigenvalue weighted by molar-refractivity contribution is 7.46. The minimum absolute atomic E-state index is 0.00946. The van der Waals surface area contributed by atoms with Crippen molar-refractivity contribution < 1.29 is 23.6 Å². The fraction of sp³-hybridized carbons (Fsp3) is 0.684. The van der Waals surface area contributed by atoms with Crippen LogP contribution in [0, 0.1) is 0 Å². The molecule has 148 valence electrons. The van der Waals surface area contributed by atoms with Crippen LogP contribution in [-0.4, -0.2) is 35.1 Å². The summed E-state index contributed by atoms with van der Waals surface area (Å²) in [5.41, 5.74) is 1.34. The molecule has 7 heteroatoms. The first-order chi connectivity index (χ1) is 12.5. The standard InChI is InChI=1S/C19H32NO5P/c1-2-3-4-5-6-7-8-16-9-11-18(12-10-16)25-19-13-17(20-14-19)15-24-26(21,22)23/h9-12,17,19-20H,2-8,13-15H2,1H3,(H2,21,22,23)/t17-,19+/m1/s1. The molecule has 0 aliphatic carbocycles. The molecule has 0 spiro atoms. The first-order valence-corrected chi connectivity index (χ1v) is 11.2. The Labute approximate surface area is 156 Å². The van der Waals surface area contributed by atoms with Crippen molar-refractivity contribution in [2.75, 3.05) is 13.2 Å². The highest BCUT2D eigenvalue weighted by Crippen LogP contribution is 2.36. The van der Waals surface area contributed by atoms with E-state index < -0.39 is 7.82 Å². The molecule has 1 saturated heterocycles. The number of hydrogen-bond donors (Lipinski definition) is 3. The number of unbranched alkanes of at least 4 members (excludes halogenated alkanes) is 5. The van der Waals surface area contributed by atoms with E-state index in [9.17, 15) is 4.57 Å². The quantitative estimate of drug-likeness (QED) is 0.375. The number of nitrogens with one attached hydrogen (secondary N) is 1. The van der Waals surface area contributed by atoms with E-state index in [1.165, 1.54) is 44.1 Å². The Morgan fingerprint density at radius 1 is 1.12 bits per heavy atom. The molecule has 0 saturated carbocycles. The summed E-state index contributed by atoms with van der Waals surface area (Å²) < 4.78 is 21.2. The Hall–Kier alpha value is -0.910. The van der Waals surface area contributed by atoms with Crippen molar-refractivity contribution in [1.82, 2.24) is 5.32 Å². The molecule has 26 heavy (non-hydrogen) atoms. The molecule has 6 nitrogen and oxygen atoms in total. The molecule has 1 aromatic rings. The van der Waals surface area contributed by atoms with E-state index in [0.29, 0.717) is 13.0 Å². The fourth-order valence-corrected chi connectivity index (χ4v) is 3.60. The summed E-state index contributed by atoms with van der Waals surface area (Å²) >= 11 is 0. The molecule has 1 heterocycles. The average molecular weight is 385 g/mol. The van der Waals surface area contributed by atoms with Crippen molar-refractivity contribution in [2.45, 2.75) is 70.4 Å². The maximum Gasteiger partial charge on any atom is 0.469 e. The van der Waals surface area contributed by atoms with E-state index in [2.05, 4.69) is 28.9 Å². The van der Waals surface area contributed by atoms with Gasteiger partial charge in [-0.2, -0.15) is 0 Å². The molecule has 3 N–H and O–H groups in total. The smallest absolute Gasteiger partial charge is 0.469 e. The zero-order chi connectivity index (χ0) is 18.8. The molecule has 1 fully saturated rings. The number of rotatable bonds is 12. The Bertz CT molecular complexity index is 560. The van der Waals surface area contributed by atoms with Crippen LogP contribution < -0.4 is 10.1 Å². The predicted molar refractivity (Wildman–Crippen MR) is 102 cm³/mol. The highest BCUT2D eigenvalue weighted by Gasteiger charge is 2.28. The maximum absolute atomic E-state index is 10.7. The largest absolute Gasteiger partial charge is 0.489 e. The van der Waals surface area contributed by atoms with Crippen molar-refractivity contribution in [1.29, 1.82) is 0 Å². The van der Waals surface area contributed by atoms with Gasteiger partial charge in [-0.3, -0.25) is 4.52 Å². The van der Waals surface area contributed by atoms with Crippen molar-refractivity contribution >= 4 is 7.82 Å². The fourth-order valence-electron chi connectivity index (χ4n) is 3.22. The van der Waals surface area contributed by atoms with Crippen LogP contribution in [0.2, 0.25) is 0 Å². The number of benzene rings is 1. The van der Waals surface area contributed by atoms with E-state index in [-0.39, 0.29) is 18.8 Å². The lowest BCUT2D eigenvalue weighted by atomic mass is 10.0. The van der Waals surface area contributed by atoms with E-state index in [1.807, 2.05) is 12.1 Å². The monoisotopic (exact) mass is 385 g/mol. The van der Waals surface area contributed by atoms with Crippen molar-refractivity contribution in [3.8, 4) is 5.75 Å². The van der Waals surface area contributed by atoms with Gasteiger partial charge < -0.3 is 19.8 Å². The topological polar surface area (TPSA) is 88.0 Å². The van der Waals surface area contributed by atoms with Crippen LogP contribution in [-0.2, 0) is 15.5 Å². The average Bonchev–Trinajstić information content (AvgIpc) is 3.04. The second kappa shape index (κ2) is 11.1. The summed E-state index contributed by atoms with van der Waals surface area (Å²) in [4.78, 5) is 17.5. The molecule has 0 aromatic heterocycles. The van der Waals surface area contributed by atoms with E-state index in [4.69, 9.17) is 14.5 Å². The van der Waals surface area contributed by atoms with Crippen LogP contribution in [0.4, 0.5) is 0 Å². The normalized spacial score (nSPS) is 20.4. The van der Waals surface area contributed by atoms with Gasteiger partial charge in [0, 0.05) is 19.0 Å². The molecule has 1 aliphatic rings. The third kappa shape index (κ3) is 8.65. The molecule has 0 radical (unpaired) electrons. The molecule has 1 aromatic carbocycles. The van der Waals surface area contributed by atoms with Gasteiger partial charge in [0.15, 0.2) is 0 Å². The summed E-state index contributed by atoms with van der Waals surface area (Å²) in [5, 5.41) is 3.17. The van der Waals surface area contributed by atoms with Crippen LogP contribution in [0.15, 0.2) is 24.3 Å². The minimum Gasteiger partial charge on any atom is -0.489 e. The van der Waals surface area contributed by atoms with Gasteiger partial charge in [0.05, 0.1) is 6.61 Å². The molecule has 0 amide bonds. The first kappa shape index (κ1) is 21.4. The Morgan fingerprint density at radius 2 is 1.81 bits per heavy atom. The third-order valence-corrected chi connectivity index (χ3v) is 5.16. The zero-order valence-corrected chi connectivity index (χ0v) is 16.5. The van der Waals surface area contributed by atoms with Crippen LogP contribution in [0.5, 0.6) is 5.75 Å². The van der Waals surface area contributed by atoms with Gasteiger partial charge >= 0.3 is 7.82 Å². The number of aryl methyl sites for hydroxylation is 1. The van der Waals surface area contributed by atoms with Gasteiger partial charge in [0.25, 0.3) is 0 Å². The molecule has 2 rings (SSSR count). The van der Waals surface area contributed by atoms with Gasteiger partial charge in [-0.05, 0) is 30.5 Å². The summed E-state index contributed by atoms with van der Waals surface area (Å²) in [6.45, 7) is 2.87. The molecule has 0 unspecified atom stereocenters. The SMILES string of the molecule is CCCCCCCCc1ccc(O[C@@H]2CN[C@@H](COP(=O)(O)O)C2)cc1. The van der Waals surface area contributed by atoms with Gasteiger partial charge in [0.2, 0.25) is 0 Å². The maximum atomic E-state index is 10.7. The van der Waals surface area contributed by atoms with Gasteiger partial charge in [0.1, 0.15) is 11.9 Å². The summed E-state index contributed by atoms with van der Waals surface area (Å²) in [7, 11) is -4.41. The molecular formula is C19H32NO5P. The van der Waals surface area contributed by atoms with E-state index in [1.54, 1.807) is 0 Å². The first-order valence-electron chi connectivity index (χ1n) is 9.65. The van der Waals surface area contributed by atoms with Crippen molar-refractivity contribution in [3.05, 3.63) is 29.8 Å². The third-order valence-electron chi connectivity index (χ3n) is 4.67. The van der Waals surface area contributed by atoms with Crippen LogP contribution in [0.1, 0.15) is 57.4 Å². The molecule has 1 aliphatic heterocycles. The zero-order valence-electron chi connectivity index (χ0n) is 15.6. The summed E-state index contributed by atoms with van der Waals surface area (Å²) in [6, 6.07) is 8.16. The van der Waals surface area contributed by atoms with E-state index >= 15 is 0 Å². The number of phosphoric ester groups is 1. The minimum atomic E-state index is -4.41. The summed E-state index contributed by atoms with van der Waals surface area (Å²) in [5.74, 6) is 0.833. The molecule has 0 bridgehead atoms. The number of hydrogen-bond acceptors (Lipinski definition) is 4. The van der Waals surface area contributed by atoms with Gasteiger partial charge in [-0.1, -0.05) is 51.2 Å². The van der Waals surface area contributed by atoms with Crippen molar-refractivity contribution in [3.63, 3.8) is 0 Å². The lowest BCUT2D eigenvalue weighted by molar-refractivity contribution is 0.173. The molecular weight excluding hydrogens is 353 g/mol. The highest BCUT2D eigenvalue weighted by atomic mass is 31.2. The second-order valence-corrected chi connectivity index (χ2v) is 8.27. The lowest BCUT2D eigenvalue weighted by Crippen LogP contribution is -2.26. The van der Waals surface area contributed by atoms with Crippen LogP contribution in [0.25, 0.3) is 0 Å². The van der Waals surface area contributed by atoms with E-state index in [0.717, 1.165) is 12.2 Å². The number of ether oxygens (including phenoxy) is 1. The Kier molecular flexibility index (Phi) is 9.09. The van der Waals surface area contributed by atoms with Crippen LogP contribution in [0.3, 0.4) is 0 Å².